The summed E-state index contributed by atoms with van der Waals surface area (Å²) in [4.78, 5) is 34.1. The molecule has 0 aliphatic rings. The van der Waals surface area contributed by atoms with Gasteiger partial charge in [0.25, 0.3) is 11.8 Å². The molecule has 0 saturated heterocycles. The summed E-state index contributed by atoms with van der Waals surface area (Å²) in [5.41, 5.74) is 0.932. The maximum absolute atomic E-state index is 11.6. The van der Waals surface area contributed by atoms with Crippen molar-refractivity contribution in [3.05, 3.63) is 29.8 Å². The normalized spacial score (nSPS) is 9.70. The van der Waals surface area contributed by atoms with E-state index >= 15 is 0 Å². The minimum Gasteiger partial charge on any atom is -0.456 e. The maximum atomic E-state index is 11.6. The number of benzene rings is 1. The van der Waals surface area contributed by atoms with Gasteiger partial charge < -0.3 is 15.4 Å². The zero-order valence-corrected chi connectivity index (χ0v) is 11.6. The lowest BCUT2D eigenvalue weighted by Gasteiger charge is -2.08. The average molecular weight is 278 g/mol. The Balaban J connectivity index is 2.59. The Morgan fingerprint density at radius 2 is 1.95 bits per heavy atom. The van der Waals surface area contributed by atoms with Crippen LogP contribution in [-0.4, -0.2) is 30.9 Å². The van der Waals surface area contributed by atoms with Crippen molar-refractivity contribution in [2.75, 3.05) is 18.5 Å². The third kappa shape index (κ3) is 5.09. The van der Waals surface area contributed by atoms with E-state index in [-0.39, 0.29) is 18.9 Å². The fourth-order valence-corrected chi connectivity index (χ4v) is 1.45. The van der Waals surface area contributed by atoms with Crippen LogP contribution < -0.4 is 10.6 Å². The van der Waals surface area contributed by atoms with E-state index in [2.05, 4.69) is 10.6 Å². The molecule has 1 aromatic carbocycles. The number of ether oxygens (including phenoxy) is 1. The number of amides is 2. The molecule has 0 bridgehead atoms. The van der Waals surface area contributed by atoms with E-state index in [0.29, 0.717) is 17.8 Å². The Morgan fingerprint density at radius 3 is 2.60 bits per heavy atom. The first-order chi connectivity index (χ1) is 9.56. The summed E-state index contributed by atoms with van der Waals surface area (Å²) in [6.07, 6.45) is 0.222. The van der Waals surface area contributed by atoms with E-state index in [1.54, 1.807) is 31.2 Å². The summed E-state index contributed by atoms with van der Waals surface area (Å²) in [5.74, 6) is -1.09. The standard InChI is InChI=1S/C14H18N2O4/c1-3-13(18)20-9-12(17)16-11-7-5-6-10(8-11)14(19)15-4-2/h5-8H,3-4,9H2,1-2H3,(H,15,19)(H,16,17). The number of hydrogen-bond acceptors (Lipinski definition) is 4. The quantitative estimate of drug-likeness (QED) is 0.769. The minimum absolute atomic E-state index is 0.207. The number of hydrogen-bond donors (Lipinski definition) is 2. The van der Waals surface area contributed by atoms with Gasteiger partial charge in [0.1, 0.15) is 0 Å². The molecule has 0 saturated carbocycles. The first-order valence-electron chi connectivity index (χ1n) is 6.40. The van der Waals surface area contributed by atoms with Gasteiger partial charge >= 0.3 is 5.97 Å². The predicted molar refractivity (Wildman–Crippen MR) is 74.3 cm³/mol. The molecule has 0 aliphatic carbocycles. The average Bonchev–Trinajstić information content (AvgIpc) is 2.45. The summed E-state index contributed by atoms with van der Waals surface area (Å²) >= 11 is 0. The molecule has 0 aliphatic heterocycles. The van der Waals surface area contributed by atoms with Gasteiger partial charge in [-0.25, -0.2) is 0 Å². The molecule has 2 N–H and O–H groups in total. The van der Waals surface area contributed by atoms with Crippen molar-refractivity contribution < 1.29 is 19.1 Å². The monoisotopic (exact) mass is 278 g/mol. The van der Waals surface area contributed by atoms with Crippen LogP contribution >= 0.6 is 0 Å². The third-order valence-electron chi connectivity index (χ3n) is 2.40. The Labute approximate surface area is 117 Å². The Hall–Kier alpha value is -2.37. The molecule has 6 heteroatoms. The molecule has 0 fully saturated rings. The molecule has 20 heavy (non-hydrogen) atoms. The van der Waals surface area contributed by atoms with Crippen LogP contribution in [0.4, 0.5) is 5.69 Å². The highest BCUT2D eigenvalue weighted by Gasteiger charge is 2.08. The van der Waals surface area contributed by atoms with Gasteiger partial charge in [-0.2, -0.15) is 0 Å². The largest absolute Gasteiger partial charge is 0.456 e. The fraction of sp³-hybridized carbons (Fsp3) is 0.357. The van der Waals surface area contributed by atoms with Crippen LogP contribution in [0.1, 0.15) is 30.6 Å². The van der Waals surface area contributed by atoms with Crippen molar-refractivity contribution in [2.45, 2.75) is 20.3 Å². The van der Waals surface area contributed by atoms with Gasteiger partial charge in [0.2, 0.25) is 0 Å². The Morgan fingerprint density at radius 1 is 1.20 bits per heavy atom. The first-order valence-corrected chi connectivity index (χ1v) is 6.40. The summed E-state index contributed by atoms with van der Waals surface area (Å²) in [6, 6.07) is 6.53. The zero-order chi connectivity index (χ0) is 15.0. The van der Waals surface area contributed by atoms with Gasteiger partial charge in [-0.3, -0.25) is 14.4 Å². The van der Waals surface area contributed by atoms with Gasteiger partial charge in [0, 0.05) is 24.2 Å². The zero-order valence-electron chi connectivity index (χ0n) is 11.6. The summed E-state index contributed by atoms with van der Waals surface area (Å²) in [5, 5.41) is 5.23. The summed E-state index contributed by atoms with van der Waals surface area (Å²) in [6.45, 7) is 3.67. The molecule has 0 aromatic heterocycles. The fourth-order valence-electron chi connectivity index (χ4n) is 1.45. The highest BCUT2D eigenvalue weighted by Crippen LogP contribution is 2.10. The van der Waals surface area contributed by atoms with Crippen molar-refractivity contribution >= 4 is 23.5 Å². The highest BCUT2D eigenvalue weighted by atomic mass is 16.5. The van der Waals surface area contributed by atoms with Crippen LogP contribution in [0, 0.1) is 0 Å². The minimum atomic E-state index is -0.445. The van der Waals surface area contributed by atoms with Crippen LogP contribution in [0.25, 0.3) is 0 Å². The molecule has 6 nitrogen and oxygen atoms in total. The van der Waals surface area contributed by atoms with E-state index in [0.717, 1.165) is 0 Å². The van der Waals surface area contributed by atoms with E-state index in [4.69, 9.17) is 4.74 Å². The van der Waals surface area contributed by atoms with Gasteiger partial charge in [-0.1, -0.05) is 13.0 Å². The SMILES string of the molecule is CCNC(=O)c1cccc(NC(=O)COC(=O)CC)c1. The van der Waals surface area contributed by atoms with Crippen molar-refractivity contribution in [1.29, 1.82) is 0 Å². The first kappa shape index (κ1) is 15.7. The lowest BCUT2D eigenvalue weighted by molar-refractivity contribution is -0.146. The van der Waals surface area contributed by atoms with Gasteiger partial charge in [0.05, 0.1) is 0 Å². The van der Waals surface area contributed by atoms with E-state index in [1.165, 1.54) is 0 Å². The number of carbonyl (C=O) groups is 3. The number of rotatable bonds is 6. The number of carbonyl (C=O) groups excluding carboxylic acids is 3. The second-order valence-corrected chi connectivity index (χ2v) is 4.00. The van der Waals surface area contributed by atoms with E-state index in [9.17, 15) is 14.4 Å². The topological polar surface area (TPSA) is 84.5 Å². The summed E-state index contributed by atoms with van der Waals surface area (Å²) in [7, 11) is 0. The molecule has 1 rings (SSSR count). The maximum Gasteiger partial charge on any atom is 0.306 e. The van der Waals surface area contributed by atoms with Crippen LogP contribution in [0.2, 0.25) is 0 Å². The predicted octanol–water partition coefficient (Wildman–Crippen LogP) is 1.33. The molecule has 0 radical (unpaired) electrons. The van der Waals surface area contributed by atoms with Gasteiger partial charge in [0.15, 0.2) is 6.61 Å². The second kappa shape index (κ2) is 7.93. The van der Waals surface area contributed by atoms with Crippen molar-refractivity contribution in [3.63, 3.8) is 0 Å². The van der Waals surface area contributed by atoms with Crippen LogP contribution in [0.15, 0.2) is 24.3 Å². The van der Waals surface area contributed by atoms with E-state index < -0.39 is 11.9 Å². The van der Waals surface area contributed by atoms with Crippen molar-refractivity contribution in [1.82, 2.24) is 5.32 Å². The van der Waals surface area contributed by atoms with E-state index in [1.807, 2.05) is 6.92 Å². The number of anilines is 1. The molecule has 0 atom stereocenters. The molecular formula is C14H18N2O4. The van der Waals surface area contributed by atoms with Crippen LogP contribution in [0.5, 0.6) is 0 Å². The number of esters is 1. The second-order valence-electron chi connectivity index (χ2n) is 4.00. The molecule has 0 spiro atoms. The molecule has 0 unspecified atom stereocenters. The lowest BCUT2D eigenvalue weighted by atomic mass is 10.2. The smallest absolute Gasteiger partial charge is 0.306 e. The van der Waals surface area contributed by atoms with Gasteiger partial charge in [-0.15, -0.1) is 0 Å². The van der Waals surface area contributed by atoms with Gasteiger partial charge in [-0.05, 0) is 25.1 Å². The van der Waals surface area contributed by atoms with Crippen LogP contribution in [-0.2, 0) is 14.3 Å². The molecule has 0 heterocycles. The van der Waals surface area contributed by atoms with Crippen molar-refractivity contribution in [3.8, 4) is 0 Å². The third-order valence-corrected chi connectivity index (χ3v) is 2.40. The molecule has 2 amide bonds. The molecular weight excluding hydrogens is 260 g/mol. The Bertz CT molecular complexity index is 500. The Kier molecular flexibility index (Phi) is 6.22. The number of nitrogens with one attached hydrogen (secondary N) is 2. The lowest BCUT2D eigenvalue weighted by Crippen LogP contribution is -2.23. The highest BCUT2D eigenvalue weighted by molar-refractivity contribution is 5.97. The molecule has 108 valence electrons. The summed E-state index contributed by atoms with van der Waals surface area (Å²) < 4.78 is 4.71. The van der Waals surface area contributed by atoms with Crippen LogP contribution in [0.3, 0.4) is 0 Å². The molecule has 1 aromatic rings. The van der Waals surface area contributed by atoms with Crippen molar-refractivity contribution in [2.24, 2.45) is 0 Å².